The van der Waals surface area contributed by atoms with Crippen LogP contribution in [0, 0.1) is 20.8 Å². The number of rotatable bonds is 7. The lowest BCUT2D eigenvalue weighted by Crippen LogP contribution is -2.40. The molecule has 128 valence electrons. The number of hydrogen-bond donors (Lipinski definition) is 1. The highest BCUT2D eigenvalue weighted by atomic mass is 16.2. The van der Waals surface area contributed by atoms with Crippen LogP contribution in [0.5, 0.6) is 0 Å². The third-order valence-corrected chi connectivity index (χ3v) is 4.89. The first kappa shape index (κ1) is 18.0. The van der Waals surface area contributed by atoms with E-state index in [1.807, 2.05) is 0 Å². The third-order valence-electron chi connectivity index (χ3n) is 4.89. The van der Waals surface area contributed by atoms with Gasteiger partial charge in [0.1, 0.15) is 0 Å². The highest BCUT2D eigenvalue weighted by Gasteiger charge is 2.30. The van der Waals surface area contributed by atoms with Crippen LogP contribution in [0.15, 0.2) is 12.1 Å². The van der Waals surface area contributed by atoms with Gasteiger partial charge in [0.05, 0.1) is 6.04 Å². The van der Waals surface area contributed by atoms with Crippen LogP contribution in [-0.2, 0) is 4.79 Å². The zero-order valence-corrected chi connectivity index (χ0v) is 15.2. The minimum Gasteiger partial charge on any atom is -0.324 e. The number of benzene rings is 1. The smallest absolute Gasteiger partial charge is 0.241 e. The SMILES string of the molecule is CCCCCCN1CCCC1C(=O)Nc1c(C)cc(C)cc1C. The number of anilines is 1. The van der Waals surface area contributed by atoms with Crippen LogP contribution in [0.3, 0.4) is 0 Å². The first-order chi connectivity index (χ1) is 11.0. The Hall–Kier alpha value is -1.35. The van der Waals surface area contributed by atoms with E-state index >= 15 is 0 Å². The Morgan fingerprint density at radius 2 is 1.87 bits per heavy atom. The lowest BCUT2D eigenvalue weighted by Gasteiger charge is -2.24. The van der Waals surface area contributed by atoms with Crippen LogP contribution < -0.4 is 5.32 Å². The molecule has 0 aliphatic carbocycles. The Labute approximate surface area is 141 Å². The molecule has 1 atom stereocenters. The number of unbranched alkanes of at least 4 members (excludes halogenated alkanes) is 3. The van der Waals surface area contributed by atoms with E-state index in [9.17, 15) is 4.79 Å². The topological polar surface area (TPSA) is 32.3 Å². The van der Waals surface area contributed by atoms with Gasteiger partial charge in [-0.3, -0.25) is 9.69 Å². The molecule has 1 aliphatic rings. The van der Waals surface area contributed by atoms with Gasteiger partial charge in [-0.25, -0.2) is 0 Å². The van der Waals surface area contributed by atoms with E-state index in [2.05, 4.69) is 50.0 Å². The van der Waals surface area contributed by atoms with E-state index in [0.717, 1.165) is 42.7 Å². The second-order valence-corrected chi connectivity index (χ2v) is 7.02. The minimum atomic E-state index is 0.0525. The fourth-order valence-corrected chi connectivity index (χ4v) is 3.72. The Morgan fingerprint density at radius 1 is 1.17 bits per heavy atom. The van der Waals surface area contributed by atoms with Gasteiger partial charge < -0.3 is 5.32 Å². The van der Waals surface area contributed by atoms with Crippen LogP contribution in [0.25, 0.3) is 0 Å². The average Bonchev–Trinajstić information content (AvgIpc) is 2.95. The summed E-state index contributed by atoms with van der Waals surface area (Å²) in [5.41, 5.74) is 4.56. The molecule has 1 unspecified atom stereocenters. The average molecular weight is 316 g/mol. The Morgan fingerprint density at radius 3 is 2.52 bits per heavy atom. The largest absolute Gasteiger partial charge is 0.324 e. The van der Waals surface area contributed by atoms with Crippen molar-refractivity contribution in [3.05, 3.63) is 28.8 Å². The zero-order valence-electron chi connectivity index (χ0n) is 15.2. The van der Waals surface area contributed by atoms with Crippen molar-refractivity contribution in [1.82, 2.24) is 4.90 Å². The molecule has 1 aliphatic heterocycles. The molecule has 23 heavy (non-hydrogen) atoms. The lowest BCUT2D eigenvalue weighted by atomic mass is 10.0. The summed E-state index contributed by atoms with van der Waals surface area (Å²) < 4.78 is 0. The number of hydrogen-bond acceptors (Lipinski definition) is 2. The van der Waals surface area contributed by atoms with E-state index in [1.54, 1.807) is 0 Å². The molecule has 1 amide bonds. The summed E-state index contributed by atoms with van der Waals surface area (Å²) in [6, 6.07) is 4.33. The predicted molar refractivity (Wildman–Crippen MR) is 98.0 cm³/mol. The van der Waals surface area contributed by atoms with Crippen LogP contribution in [-0.4, -0.2) is 29.9 Å². The van der Waals surface area contributed by atoms with Crippen molar-refractivity contribution in [3.8, 4) is 0 Å². The van der Waals surface area contributed by atoms with Crippen molar-refractivity contribution < 1.29 is 4.79 Å². The van der Waals surface area contributed by atoms with Crippen molar-refractivity contribution >= 4 is 11.6 Å². The molecule has 0 spiro atoms. The molecule has 1 heterocycles. The maximum atomic E-state index is 12.8. The van der Waals surface area contributed by atoms with Gasteiger partial charge in [-0.2, -0.15) is 0 Å². The second kappa shape index (κ2) is 8.49. The van der Waals surface area contributed by atoms with Crippen LogP contribution >= 0.6 is 0 Å². The van der Waals surface area contributed by atoms with Crippen LogP contribution in [0.2, 0.25) is 0 Å². The molecule has 1 saturated heterocycles. The molecule has 0 radical (unpaired) electrons. The van der Waals surface area contributed by atoms with Crippen LogP contribution in [0.4, 0.5) is 5.69 Å². The summed E-state index contributed by atoms with van der Waals surface area (Å²) in [7, 11) is 0. The van der Waals surface area contributed by atoms with Gasteiger partial charge in [0.15, 0.2) is 0 Å². The van der Waals surface area contributed by atoms with E-state index < -0.39 is 0 Å². The molecule has 2 rings (SSSR count). The third kappa shape index (κ3) is 4.81. The Bertz CT molecular complexity index is 515. The first-order valence-corrected chi connectivity index (χ1v) is 9.15. The van der Waals surface area contributed by atoms with Gasteiger partial charge in [0.2, 0.25) is 5.91 Å². The number of aryl methyl sites for hydroxylation is 3. The van der Waals surface area contributed by atoms with Crippen molar-refractivity contribution in [1.29, 1.82) is 0 Å². The minimum absolute atomic E-state index is 0.0525. The van der Waals surface area contributed by atoms with Gasteiger partial charge in [-0.1, -0.05) is 43.9 Å². The predicted octanol–water partition coefficient (Wildman–Crippen LogP) is 4.60. The van der Waals surface area contributed by atoms with E-state index in [4.69, 9.17) is 0 Å². The standard InChI is InChI=1S/C20H32N2O/c1-5-6-7-8-11-22-12-9-10-18(22)20(23)21-19-16(3)13-15(2)14-17(19)4/h13-14,18H,5-12H2,1-4H3,(H,21,23). The molecule has 1 aromatic rings. The molecular weight excluding hydrogens is 284 g/mol. The second-order valence-electron chi connectivity index (χ2n) is 7.02. The van der Waals surface area contributed by atoms with Crippen molar-refractivity contribution in [2.45, 2.75) is 72.3 Å². The van der Waals surface area contributed by atoms with Gasteiger partial charge in [-0.15, -0.1) is 0 Å². The Balaban J connectivity index is 1.97. The Kier molecular flexibility index (Phi) is 6.64. The molecule has 0 bridgehead atoms. The summed E-state index contributed by atoms with van der Waals surface area (Å²) in [5.74, 6) is 0.174. The number of nitrogens with one attached hydrogen (secondary N) is 1. The van der Waals surface area contributed by atoms with Gasteiger partial charge in [0.25, 0.3) is 0 Å². The van der Waals surface area contributed by atoms with Gasteiger partial charge >= 0.3 is 0 Å². The first-order valence-electron chi connectivity index (χ1n) is 9.15. The van der Waals surface area contributed by atoms with E-state index in [1.165, 1.54) is 31.2 Å². The quantitative estimate of drug-likeness (QED) is 0.746. The number of likely N-dealkylation sites (tertiary alicyclic amines) is 1. The molecule has 3 heteroatoms. The summed E-state index contributed by atoms with van der Waals surface area (Å²) in [4.78, 5) is 15.1. The number of carbonyl (C=O) groups is 1. The molecule has 1 aromatic carbocycles. The summed E-state index contributed by atoms with van der Waals surface area (Å²) in [6.07, 6.45) is 7.17. The molecule has 0 aromatic heterocycles. The van der Waals surface area contributed by atoms with Crippen molar-refractivity contribution in [2.75, 3.05) is 18.4 Å². The lowest BCUT2D eigenvalue weighted by molar-refractivity contribution is -0.120. The molecule has 1 N–H and O–H groups in total. The summed E-state index contributed by atoms with van der Waals surface area (Å²) in [5, 5.41) is 3.20. The maximum absolute atomic E-state index is 12.8. The number of amides is 1. The molecule has 0 saturated carbocycles. The zero-order chi connectivity index (χ0) is 16.8. The normalized spacial score (nSPS) is 18.3. The summed E-state index contributed by atoms with van der Waals surface area (Å²) in [6.45, 7) is 10.6. The number of nitrogens with zero attached hydrogens (tertiary/aromatic N) is 1. The van der Waals surface area contributed by atoms with Crippen LogP contribution in [0.1, 0.15) is 62.1 Å². The van der Waals surface area contributed by atoms with Crippen molar-refractivity contribution in [2.24, 2.45) is 0 Å². The molecular formula is C20H32N2O. The van der Waals surface area contributed by atoms with Crippen molar-refractivity contribution in [3.63, 3.8) is 0 Å². The monoisotopic (exact) mass is 316 g/mol. The van der Waals surface area contributed by atoms with Gasteiger partial charge in [-0.05, 0) is 64.3 Å². The van der Waals surface area contributed by atoms with E-state index in [-0.39, 0.29) is 11.9 Å². The maximum Gasteiger partial charge on any atom is 0.241 e. The molecule has 3 nitrogen and oxygen atoms in total. The van der Waals surface area contributed by atoms with Gasteiger partial charge in [0, 0.05) is 5.69 Å². The fraction of sp³-hybridized carbons (Fsp3) is 0.650. The molecule has 1 fully saturated rings. The highest BCUT2D eigenvalue weighted by molar-refractivity contribution is 5.96. The summed E-state index contributed by atoms with van der Waals surface area (Å²) >= 11 is 0. The highest BCUT2D eigenvalue weighted by Crippen LogP contribution is 2.25. The van der Waals surface area contributed by atoms with E-state index in [0.29, 0.717) is 0 Å². The fourth-order valence-electron chi connectivity index (χ4n) is 3.72. The number of carbonyl (C=O) groups excluding carboxylic acids is 1.